The van der Waals surface area contributed by atoms with Gasteiger partial charge in [0.25, 0.3) is 0 Å². The number of anilines is 1. The van der Waals surface area contributed by atoms with Gasteiger partial charge in [0.15, 0.2) is 17.6 Å². The maximum atomic E-state index is 13.5. The standard InChI is InChI=1S/C21H26F2N4O.HI/c1-24-21(26-13-16-5-3-4-6-20(16)28-2)25-12-15-9-10-27(14-15)17-7-8-18(22)19(23)11-17;/h3-8,11,15H,9-10,12-14H2,1-2H3,(H2,24,25,26);1H. The van der Waals surface area contributed by atoms with Crippen LogP contribution in [-0.4, -0.2) is 39.8 Å². The second-order valence-corrected chi connectivity index (χ2v) is 6.82. The summed E-state index contributed by atoms with van der Waals surface area (Å²) >= 11 is 0. The predicted molar refractivity (Wildman–Crippen MR) is 123 cm³/mol. The lowest BCUT2D eigenvalue weighted by molar-refractivity contribution is 0.409. The van der Waals surface area contributed by atoms with Crippen molar-refractivity contribution in [3.05, 3.63) is 59.7 Å². The first-order valence-electron chi connectivity index (χ1n) is 9.37. The Kier molecular flexibility index (Phi) is 8.94. The third kappa shape index (κ3) is 6.19. The average Bonchev–Trinajstić information content (AvgIpc) is 3.19. The molecule has 2 aromatic carbocycles. The fraction of sp³-hybridized carbons (Fsp3) is 0.381. The zero-order valence-corrected chi connectivity index (χ0v) is 19.0. The van der Waals surface area contributed by atoms with E-state index in [1.165, 1.54) is 12.1 Å². The summed E-state index contributed by atoms with van der Waals surface area (Å²) in [6.07, 6.45) is 0.982. The predicted octanol–water partition coefficient (Wildman–Crippen LogP) is 3.78. The number of hydrogen-bond donors (Lipinski definition) is 2. The van der Waals surface area contributed by atoms with Gasteiger partial charge in [0.2, 0.25) is 0 Å². The Morgan fingerprint density at radius 2 is 1.97 bits per heavy atom. The van der Waals surface area contributed by atoms with Crippen LogP contribution < -0.4 is 20.3 Å². The van der Waals surface area contributed by atoms with E-state index in [-0.39, 0.29) is 24.0 Å². The molecule has 158 valence electrons. The van der Waals surface area contributed by atoms with Gasteiger partial charge in [-0.3, -0.25) is 4.99 Å². The summed E-state index contributed by atoms with van der Waals surface area (Å²) in [4.78, 5) is 6.35. The van der Waals surface area contributed by atoms with Crippen molar-refractivity contribution in [1.29, 1.82) is 0 Å². The Bertz CT molecular complexity index is 834. The van der Waals surface area contributed by atoms with Crippen molar-refractivity contribution < 1.29 is 13.5 Å². The van der Waals surface area contributed by atoms with Crippen LogP contribution in [0.5, 0.6) is 5.75 Å². The van der Waals surface area contributed by atoms with Gasteiger partial charge in [-0.1, -0.05) is 18.2 Å². The van der Waals surface area contributed by atoms with E-state index in [9.17, 15) is 8.78 Å². The van der Waals surface area contributed by atoms with Crippen molar-refractivity contribution in [3.63, 3.8) is 0 Å². The number of para-hydroxylation sites is 1. The summed E-state index contributed by atoms with van der Waals surface area (Å²) in [5.41, 5.74) is 1.78. The van der Waals surface area contributed by atoms with E-state index in [2.05, 4.69) is 20.5 Å². The zero-order valence-electron chi connectivity index (χ0n) is 16.6. The van der Waals surface area contributed by atoms with Crippen LogP contribution in [0.1, 0.15) is 12.0 Å². The fourth-order valence-electron chi connectivity index (χ4n) is 3.41. The molecule has 29 heavy (non-hydrogen) atoms. The van der Waals surface area contributed by atoms with Gasteiger partial charge in [0.05, 0.1) is 7.11 Å². The van der Waals surface area contributed by atoms with Gasteiger partial charge < -0.3 is 20.3 Å². The Morgan fingerprint density at radius 1 is 1.17 bits per heavy atom. The number of nitrogens with zero attached hydrogens (tertiary/aromatic N) is 2. The first kappa shape index (κ1) is 23.2. The highest BCUT2D eigenvalue weighted by atomic mass is 127. The summed E-state index contributed by atoms with van der Waals surface area (Å²) in [5, 5.41) is 6.64. The minimum Gasteiger partial charge on any atom is -0.496 e. The molecule has 1 fully saturated rings. The van der Waals surface area contributed by atoms with Crippen LogP contribution in [0.2, 0.25) is 0 Å². The number of nitrogens with one attached hydrogen (secondary N) is 2. The number of methoxy groups -OCH3 is 1. The molecule has 0 saturated carbocycles. The lowest BCUT2D eigenvalue weighted by Crippen LogP contribution is -2.40. The SMILES string of the molecule is CN=C(NCc1ccccc1OC)NCC1CCN(c2ccc(F)c(F)c2)C1.I. The van der Waals surface area contributed by atoms with Gasteiger partial charge in [-0.05, 0) is 30.5 Å². The molecule has 5 nitrogen and oxygen atoms in total. The number of rotatable bonds is 6. The van der Waals surface area contributed by atoms with Crippen molar-refractivity contribution in [2.45, 2.75) is 13.0 Å². The maximum Gasteiger partial charge on any atom is 0.191 e. The summed E-state index contributed by atoms with van der Waals surface area (Å²) in [7, 11) is 3.39. The molecule has 2 aromatic rings. The highest BCUT2D eigenvalue weighted by Gasteiger charge is 2.23. The van der Waals surface area contributed by atoms with E-state index in [4.69, 9.17) is 4.74 Å². The molecule has 1 heterocycles. The van der Waals surface area contributed by atoms with Crippen LogP contribution in [0.25, 0.3) is 0 Å². The normalized spacial score (nSPS) is 16.3. The topological polar surface area (TPSA) is 48.9 Å². The molecule has 1 unspecified atom stereocenters. The van der Waals surface area contributed by atoms with E-state index in [1.54, 1.807) is 20.2 Å². The van der Waals surface area contributed by atoms with E-state index >= 15 is 0 Å². The number of halogens is 3. The second kappa shape index (κ2) is 11.2. The lowest BCUT2D eigenvalue weighted by atomic mass is 10.1. The summed E-state index contributed by atoms with van der Waals surface area (Å²) in [5.74, 6) is 0.338. The molecule has 0 radical (unpaired) electrons. The van der Waals surface area contributed by atoms with Crippen LogP contribution in [-0.2, 0) is 6.54 Å². The van der Waals surface area contributed by atoms with Gasteiger partial charge in [-0.15, -0.1) is 24.0 Å². The summed E-state index contributed by atoms with van der Waals surface area (Å²) < 4.78 is 31.9. The zero-order chi connectivity index (χ0) is 19.9. The minimum absolute atomic E-state index is 0. The van der Waals surface area contributed by atoms with Crippen LogP contribution >= 0.6 is 24.0 Å². The van der Waals surface area contributed by atoms with Crippen LogP contribution in [0.15, 0.2) is 47.5 Å². The highest BCUT2D eigenvalue weighted by Crippen LogP contribution is 2.25. The summed E-state index contributed by atoms with van der Waals surface area (Å²) in [6, 6.07) is 11.9. The van der Waals surface area contributed by atoms with Crippen LogP contribution in [0.4, 0.5) is 14.5 Å². The molecule has 0 amide bonds. The van der Waals surface area contributed by atoms with Crippen molar-refractivity contribution in [3.8, 4) is 5.75 Å². The maximum absolute atomic E-state index is 13.5. The van der Waals surface area contributed by atoms with Gasteiger partial charge in [0.1, 0.15) is 5.75 Å². The van der Waals surface area contributed by atoms with Gasteiger partial charge in [-0.2, -0.15) is 0 Å². The van der Waals surface area contributed by atoms with Crippen molar-refractivity contribution in [2.75, 3.05) is 38.7 Å². The molecule has 1 aliphatic rings. The quantitative estimate of drug-likeness (QED) is 0.349. The van der Waals surface area contributed by atoms with E-state index < -0.39 is 11.6 Å². The third-order valence-electron chi connectivity index (χ3n) is 4.97. The van der Waals surface area contributed by atoms with Crippen LogP contribution in [0, 0.1) is 17.6 Å². The number of ether oxygens (including phenoxy) is 1. The highest BCUT2D eigenvalue weighted by molar-refractivity contribution is 14.0. The first-order chi connectivity index (χ1) is 13.6. The number of benzene rings is 2. The number of hydrogen-bond acceptors (Lipinski definition) is 3. The Hall–Kier alpha value is -2.10. The van der Waals surface area contributed by atoms with Crippen molar-refractivity contribution >= 4 is 35.6 Å². The molecule has 0 spiro atoms. The molecule has 1 atom stereocenters. The van der Waals surface area contributed by atoms with Crippen LogP contribution in [0.3, 0.4) is 0 Å². The second-order valence-electron chi connectivity index (χ2n) is 6.82. The first-order valence-corrected chi connectivity index (χ1v) is 9.37. The molecule has 3 rings (SSSR count). The van der Waals surface area contributed by atoms with E-state index in [0.717, 1.165) is 49.0 Å². The lowest BCUT2D eigenvalue weighted by Gasteiger charge is -2.20. The van der Waals surface area contributed by atoms with E-state index in [0.29, 0.717) is 12.5 Å². The molecule has 0 bridgehead atoms. The smallest absolute Gasteiger partial charge is 0.191 e. The van der Waals surface area contributed by atoms with Crippen molar-refractivity contribution in [1.82, 2.24) is 10.6 Å². The Balaban J connectivity index is 0.00000300. The van der Waals surface area contributed by atoms with E-state index in [1.807, 2.05) is 24.3 Å². The number of guanidine groups is 1. The van der Waals surface area contributed by atoms with Gasteiger partial charge in [0, 0.05) is 50.5 Å². The average molecular weight is 516 g/mol. The Morgan fingerprint density at radius 3 is 2.69 bits per heavy atom. The van der Waals surface area contributed by atoms with Crippen molar-refractivity contribution in [2.24, 2.45) is 10.9 Å². The monoisotopic (exact) mass is 516 g/mol. The third-order valence-corrected chi connectivity index (χ3v) is 4.97. The molecule has 8 heteroatoms. The molecule has 1 saturated heterocycles. The number of aliphatic imine (C=N–C) groups is 1. The van der Waals surface area contributed by atoms with Gasteiger partial charge >= 0.3 is 0 Å². The molecule has 0 aliphatic carbocycles. The minimum atomic E-state index is -0.814. The molecule has 2 N–H and O–H groups in total. The fourth-order valence-corrected chi connectivity index (χ4v) is 3.41. The van der Waals surface area contributed by atoms with Gasteiger partial charge in [-0.25, -0.2) is 8.78 Å². The Labute approximate surface area is 187 Å². The summed E-state index contributed by atoms with van der Waals surface area (Å²) in [6.45, 7) is 2.98. The largest absolute Gasteiger partial charge is 0.496 e. The molecular weight excluding hydrogens is 489 g/mol. The molecular formula is C21H27F2IN4O. The molecule has 0 aromatic heterocycles. The molecule has 1 aliphatic heterocycles.